The van der Waals surface area contributed by atoms with Crippen molar-refractivity contribution < 1.29 is 14.3 Å². The Morgan fingerprint density at radius 1 is 1.35 bits per heavy atom. The van der Waals surface area contributed by atoms with Gasteiger partial charge in [0.25, 0.3) is 6.01 Å². The van der Waals surface area contributed by atoms with Crippen LogP contribution >= 0.6 is 23.2 Å². The lowest BCUT2D eigenvalue weighted by Crippen LogP contribution is -1.97. The third-order valence-electron chi connectivity index (χ3n) is 3.04. The van der Waals surface area contributed by atoms with Gasteiger partial charge in [-0.25, -0.2) is 4.79 Å². The van der Waals surface area contributed by atoms with Crippen molar-refractivity contribution in [2.75, 3.05) is 5.32 Å². The average molecular weight is 348 g/mol. The highest BCUT2D eigenvalue weighted by Gasteiger charge is 2.17. The standard InChI is InChI=1S/C15H7Cl2N3O3/c16-9-2-1-3-10(12(9)17)19-15-20-11-5-7(6-18)4-8(14(21)22)13(11)23-15/h1-5H,(H,19,20)(H,21,22). The summed E-state index contributed by atoms with van der Waals surface area (Å²) in [5.74, 6) is -1.21. The number of nitriles is 1. The second-order valence-corrected chi connectivity index (χ2v) is 5.32. The maximum atomic E-state index is 11.3. The Bertz CT molecular complexity index is 976. The van der Waals surface area contributed by atoms with E-state index in [-0.39, 0.29) is 33.3 Å². The van der Waals surface area contributed by atoms with E-state index in [4.69, 9.17) is 32.9 Å². The number of nitrogens with zero attached hydrogens (tertiary/aromatic N) is 2. The zero-order chi connectivity index (χ0) is 16.6. The maximum absolute atomic E-state index is 11.3. The highest BCUT2D eigenvalue weighted by atomic mass is 35.5. The second kappa shape index (κ2) is 5.80. The van der Waals surface area contributed by atoms with Crippen molar-refractivity contribution in [1.29, 1.82) is 5.26 Å². The molecular weight excluding hydrogens is 341 g/mol. The van der Waals surface area contributed by atoms with Crippen LogP contribution in [0.5, 0.6) is 0 Å². The molecule has 0 amide bonds. The molecule has 1 aromatic heterocycles. The van der Waals surface area contributed by atoms with Crippen LogP contribution in [0.3, 0.4) is 0 Å². The minimum atomic E-state index is -1.21. The van der Waals surface area contributed by atoms with Gasteiger partial charge in [-0.3, -0.25) is 0 Å². The molecule has 2 N–H and O–H groups in total. The fourth-order valence-corrected chi connectivity index (χ4v) is 2.37. The number of nitrogens with one attached hydrogen (secondary N) is 1. The Morgan fingerprint density at radius 3 is 2.83 bits per heavy atom. The number of carboxylic acid groups (broad SMARTS) is 1. The molecule has 0 aliphatic carbocycles. The van der Waals surface area contributed by atoms with E-state index in [1.165, 1.54) is 12.1 Å². The van der Waals surface area contributed by atoms with Crippen LogP contribution in [0, 0.1) is 11.3 Å². The van der Waals surface area contributed by atoms with Crippen molar-refractivity contribution in [1.82, 2.24) is 4.98 Å². The van der Waals surface area contributed by atoms with E-state index in [0.29, 0.717) is 10.7 Å². The first kappa shape index (κ1) is 15.2. The number of halogens is 2. The van der Waals surface area contributed by atoms with Crippen LogP contribution in [-0.2, 0) is 0 Å². The van der Waals surface area contributed by atoms with E-state index in [1.807, 2.05) is 6.07 Å². The molecule has 0 aliphatic rings. The molecule has 23 heavy (non-hydrogen) atoms. The number of hydrogen-bond acceptors (Lipinski definition) is 5. The predicted molar refractivity (Wildman–Crippen MR) is 85.4 cm³/mol. The van der Waals surface area contributed by atoms with Crippen molar-refractivity contribution in [3.05, 3.63) is 51.5 Å². The number of hydrogen-bond donors (Lipinski definition) is 2. The van der Waals surface area contributed by atoms with Crippen molar-refractivity contribution in [3.8, 4) is 6.07 Å². The lowest BCUT2D eigenvalue weighted by molar-refractivity contribution is 0.0698. The van der Waals surface area contributed by atoms with E-state index in [9.17, 15) is 9.90 Å². The summed E-state index contributed by atoms with van der Waals surface area (Å²) in [6.45, 7) is 0. The fourth-order valence-electron chi connectivity index (χ4n) is 2.03. The largest absolute Gasteiger partial charge is 0.478 e. The van der Waals surface area contributed by atoms with Crippen LogP contribution in [0.25, 0.3) is 11.1 Å². The number of carbonyl (C=O) groups is 1. The zero-order valence-corrected chi connectivity index (χ0v) is 12.8. The minimum absolute atomic E-state index is 0.0433. The number of aromatic nitrogens is 1. The van der Waals surface area contributed by atoms with Gasteiger partial charge in [0, 0.05) is 0 Å². The van der Waals surface area contributed by atoms with Gasteiger partial charge in [-0.05, 0) is 24.3 Å². The molecule has 6 nitrogen and oxygen atoms in total. The number of oxazole rings is 1. The maximum Gasteiger partial charge on any atom is 0.339 e. The highest BCUT2D eigenvalue weighted by Crippen LogP contribution is 2.33. The van der Waals surface area contributed by atoms with Crippen LogP contribution in [0.15, 0.2) is 34.7 Å². The molecule has 114 valence electrons. The first-order chi connectivity index (χ1) is 11.0. The first-order valence-corrected chi connectivity index (χ1v) is 7.04. The van der Waals surface area contributed by atoms with Gasteiger partial charge in [0.1, 0.15) is 11.1 Å². The summed E-state index contributed by atoms with van der Waals surface area (Å²) in [7, 11) is 0. The first-order valence-electron chi connectivity index (χ1n) is 6.28. The van der Waals surface area contributed by atoms with Crippen LogP contribution in [-0.4, -0.2) is 16.1 Å². The van der Waals surface area contributed by atoms with E-state index in [2.05, 4.69) is 10.3 Å². The summed E-state index contributed by atoms with van der Waals surface area (Å²) in [4.78, 5) is 15.4. The Labute approximate surface area is 139 Å². The molecule has 8 heteroatoms. The van der Waals surface area contributed by atoms with Gasteiger partial charge in [-0.15, -0.1) is 0 Å². The van der Waals surface area contributed by atoms with Gasteiger partial charge in [-0.1, -0.05) is 29.3 Å². The molecule has 3 aromatic rings. The third kappa shape index (κ3) is 2.80. The summed E-state index contributed by atoms with van der Waals surface area (Å²) in [6.07, 6.45) is 0. The fraction of sp³-hybridized carbons (Fsp3) is 0. The molecule has 0 aliphatic heterocycles. The third-order valence-corrected chi connectivity index (χ3v) is 3.86. The van der Waals surface area contributed by atoms with Crippen molar-refractivity contribution in [2.45, 2.75) is 0 Å². The van der Waals surface area contributed by atoms with Crippen LogP contribution in [0.1, 0.15) is 15.9 Å². The lowest BCUT2D eigenvalue weighted by atomic mass is 10.1. The van der Waals surface area contributed by atoms with Crippen molar-refractivity contribution in [3.63, 3.8) is 0 Å². The molecule has 0 atom stereocenters. The molecule has 0 saturated carbocycles. The van der Waals surface area contributed by atoms with Gasteiger partial charge in [0.15, 0.2) is 5.58 Å². The Balaban J connectivity index is 2.10. The van der Waals surface area contributed by atoms with Gasteiger partial charge in [-0.2, -0.15) is 10.2 Å². The van der Waals surface area contributed by atoms with Crippen molar-refractivity contribution >= 4 is 52.0 Å². The topological polar surface area (TPSA) is 99.2 Å². The second-order valence-electron chi connectivity index (χ2n) is 4.53. The number of benzene rings is 2. The summed E-state index contributed by atoms with van der Waals surface area (Å²) in [5.41, 5.74) is 0.815. The molecule has 3 rings (SSSR count). The molecule has 0 unspecified atom stereocenters. The molecule has 0 spiro atoms. The van der Waals surface area contributed by atoms with Gasteiger partial charge < -0.3 is 14.8 Å². The van der Waals surface area contributed by atoms with Crippen LogP contribution < -0.4 is 5.32 Å². The average Bonchev–Trinajstić information content (AvgIpc) is 2.92. The normalized spacial score (nSPS) is 10.5. The zero-order valence-electron chi connectivity index (χ0n) is 11.3. The summed E-state index contributed by atoms with van der Waals surface area (Å²) < 4.78 is 5.44. The SMILES string of the molecule is N#Cc1cc(C(=O)O)c2oc(Nc3cccc(Cl)c3Cl)nc2c1. The molecule has 0 saturated heterocycles. The number of aromatic carboxylic acids is 1. The molecule has 1 heterocycles. The smallest absolute Gasteiger partial charge is 0.339 e. The number of carboxylic acids is 1. The molecular formula is C15H7Cl2N3O3. The van der Waals surface area contributed by atoms with Gasteiger partial charge in [0.05, 0.1) is 27.4 Å². The lowest BCUT2D eigenvalue weighted by Gasteiger charge is -2.04. The van der Waals surface area contributed by atoms with Crippen LogP contribution in [0.2, 0.25) is 10.0 Å². The van der Waals surface area contributed by atoms with E-state index in [0.717, 1.165) is 0 Å². The Morgan fingerprint density at radius 2 is 2.13 bits per heavy atom. The number of fused-ring (bicyclic) bond motifs is 1. The summed E-state index contributed by atoms with van der Waals surface area (Å²) >= 11 is 12.0. The van der Waals surface area contributed by atoms with Gasteiger partial charge >= 0.3 is 5.97 Å². The van der Waals surface area contributed by atoms with E-state index >= 15 is 0 Å². The Kier molecular flexibility index (Phi) is 3.82. The summed E-state index contributed by atoms with van der Waals surface area (Å²) in [6, 6.07) is 9.58. The van der Waals surface area contributed by atoms with E-state index < -0.39 is 5.97 Å². The molecule has 0 fully saturated rings. The number of rotatable bonds is 3. The molecule has 2 aromatic carbocycles. The summed E-state index contributed by atoms with van der Waals surface area (Å²) in [5, 5.41) is 21.7. The molecule has 0 radical (unpaired) electrons. The number of anilines is 2. The predicted octanol–water partition coefficient (Wildman–Crippen LogP) is 4.45. The van der Waals surface area contributed by atoms with E-state index in [1.54, 1.807) is 18.2 Å². The van der Waals surface area contributed by atoms with Crippen LogP contribution in [0.4, 0.5) is 11.7 Å². The monoisotopic (exact) mass is 347 g/mol. The minimum Gasteiger partial charge on any atom is -0.478 e. The highest BCUT2D eigenvalue weighted by molar-refractivity contribution is 6.43. The quantitative estimate of drug-likeness (QED) is 0.726. The Hall–Kier alpha value is -2.75. The van der Waals surface area contributed by atoms with Gasteiger partial charge in [0.2, 0.25) is 0 Å². The molecule has 0 bridgehead atoms. The van der Waals surface area contributed by atoms with Crippen molar-refractivity contribution in [2.24, 2.45) is 0 Å².